The number of hydrogen-bond acceptors (Lipinski definition) is 3. The molecule has 0 aliphatic rings. The van der Waals surface area contributed by atoms with Crippen LogP contribution in [0, 0.1) is 0 Å². The topological polar surface area (TPSA) is 35.5 Å². The Labute approximate surface area is 75.1 Å². The zero-order chi connectivity index (χ0) is 9.56. The first-order valence-corrected chi connectivity index (χ1v) is 4.28. The van der Waals surface area contributed by atoms with Crippen molar-refractivity contribution in [2.75, 3.05) is 27.2 Å². The van der Waals surface area contributed by atoms with Crippen molar-refractivity contribution < 1.29 is 5.11 Å². The zero-order valence-electron chi connectivity index (χ0n) is 8.46. The number of aliphatic hydroxyl groups excluding tert-OH is 1. The van der Waals surface area contributed by atoms with Crippen LogP contribution in [0.2, 0.25) is 0 Å². The van der Waals surface area contributed by atoms with Gasteiger partial charge in [0.1, 0.15) is 0 Å². The molecule has 0 aliphatic heterocycles. The highest BCUT2D eigenvalue weighted by atomic mass is 16.3. The van der Waals surface area contributed by atoms with Crippen LogP contribution in [0.25, 0.3) is 0 Å². The van der Waals surface area contributed by atoms with Gasteiger partial charge in [0, 0.05) is 19.1 Å². The highest BCUT2D eigenvalue weighted by molar-refractivity contribution is 4.93. The molecule has 2 N–H and O–H groups in total. The highest BCUT2D eigenvalue weighted by Gasteiger charge is 1.96. The minimum Gasteiger partial charge on any atom is -0.513 e. The lowest BCUT2D eigenvalue weighted by Gasteiger charge is -2.13. The van der Waals surface area contributed by atoms with E-state index in [1.165, 1.54) is 0 Å². The third kappa shape index (κ3) is 7.57. The Morgan fingerprint density at radius 1 is 1.58 bits per heavy atom. The molecule has 1 unspecified atom stereocenters. The van der Waals surface area contributed by atoms with Crippen LogP contribution in [0.5, 0.6) is 0 Å². The van der Waals surface area contributed by atoms with Crippen molar-refractivity contribution in [1.82, 2.24) is 10.2 Å². The lowest BCUT2D eigenvalue weighted by molar-refractivity contribution is 0.387. The Balaban J connectivity index is 3.44. The number of nitrogens with zero attached hydrogens (tertiary/aromatic N) is 1. The standard InChI is InChI=1S/C9H20N2O/c1-8(7-9(2)12)10-5-6-11(3)4/h7-8,10,12H,5-6H2,1-4H3/b9-7-. The number of rotatable bonds is 5. The van der Waals surface area contributed by atoms with E-state index in [0.717, 1.165) is 13.1 Å². The van der Waals surface area contributed by atoms with Crippen molar-refractivity contribution in [2.24, 2.45) is 0 Å². The molecule has 0 saturated carbocycles. The molecule has 0 aromatic rings. The average molecular weight is 172 g/mol. The highest BCUT2D eigenvalue weighted by Crippen LogP contribution is 1.90. The van der Waals surface area contributed by atoms with Crippen LogP contribution in [-0.4, -0.2) is 43.2 Å². The Morgan fingerprint density at radius 3 is 2.58 bits per heavy atom. The van der Waals surface area contributed by atoms with E-state index in [1.807, 2.05) is 21.0 Å². The molecule has 0 fully saturated rings. The molecule has 0 spiro atoms. The Hall–Kier alpha value is -0.540. The van der Waals surface area contributed by atoms with Gasteiger partial charge in [-0.3, -0.25) is 0 Å². The number of likely N-dealkylation sites (N-methyl/N-ethyl adjacent to an activating group) is 1. The Morgan fingerprint density at radius 2 is 2.17 bits per heavy atom. The number of hydrogen-bond donors (Lipinski definition) is 2. The van der Waals surface area contributed by atoms with E-state index in [4.69, 9.17) is 5.11 Å². The summed E-state index contributed by atoms with van der Waals surface area (Å²) in [5.74, 6) is 0.375. The van der Waals surface area contributed by atoms with Gasteiger partial charge in [0.2, 0.25) is 0 Å². The molecule has 0 aromatic heterocycles. The van der Waals surface area contributed by atoms with Crippen molar-refractivity contribution in [2.45, 2.75) is 19.9 Å². The van der Waals surface area contributed by atoms with Crippen LogP contribution in [0.15, 0.2) is 11.8 Å². The van der Waals surface area contributed by atoms with Crippen molar-refractivity contribution >= 4 is 0 Å². The molecular weight excluding hydrogens is 152 g/mol. The SMILES string of the molecule is C/C(O)=C/C(C)NCCN(C)C. The van der Waals surface area contributed by atoms with E-state index in [2.05, 4.69) is 10.2 Å². The first kappa shape index (κ1) is 11.5. The van der Waals surface area contributed by atoms with Crippen LogP contribution in [-0.2, 0) is 0 Å². The molecule has 3 heteroatoms. The molecule has 0 radical (unpaired) electrons. The molecule has 0 rings (SSSR count). The number of nitrogens with one attached hydrogen (secondary N) is 1. The van der Waals surface area contributed by atoms with Gasteiger partial charge in [0.25, 0.3) is 0 Å². The largest absolute Gasteiger partial charge is 0.513 e. The molecule has 3 nitrogen and oxygen atoms in total. The maximum atomic E-state index is 8.94. The summed E-state index contributed by atoms with van der Waals surface area (Å²) < 4.78 is 0. The first-order valence-electron chi connectivity index (χ1n) is 4.28. The van der Waals surface area contributed by atoms with Gasteiger partial charge in [-0.15, -0.1) is 0 Å². The summed E-state index contributed by atoms with van der Waals surface area (Å²) in [6, 6.07) is 0.245. The zero-order valence-corrected chi connectivity index (χ0v) is 8.46. The fourth-order valence-corrected chi connectivity index (χ4v) is 0.937. The van der Waals surface area contributed by atoms with Gasteiger partial charge in [0.05, 0.1) is 5.76 Å². The second-order valence-electron chi connectivity index (χ2n) is 3.35. The third-order valence-corrected chi connectivity index (χ3v) is 1.52. The second-order valence-corrected chi connectivity index (χ2v) is 3.35. The van der Waals surface area contributed by atoms with Gasteiger partial charge < -0.3 is 15.3 Å². The fourth-order valence-electron chi connectivity index (χ4n) is 0.937. The fraction of sp³-hybridized carbons (Fsp3) is 0.778. The summed E-state index contributed by atoms with van der Waals surface area (Å²) >= 11 is 0. The van der Waals surface area contributed by atoms with Crippen molar-refractivity contribution in [3.8, 4) is 0 Å². The summed E-state index contributed by atoms with van der Waals surface area (Å²) in [5.41, 5.74) is 0. The van der Waals surface area contributed by atoms with Gasteiger partial charge >= 0.3 is 0 Å². The van der Waals surface area contributed by atoms with Crippen LogP contribution < -0.4 is 5.32 Å². The molecule has 0 heterocycles. The predicted octanol–water partition coefficient (Wildman–Crippen LogP) is 0.988. The van der Waals surface area contributed by atoms with Crippen LogP contribution in [0.3, 0.4) is 0 Å². The first-order chi connectivity index (χ1) is 5.52. The van der Waals surface area contributed by atoms with E-state index >= 15 is 0 Å². The van der Waals surface area contributed by atoms with Gasteiger partial charge in [-0.2, -0.15) is 0 Å². The Kier molecular flexibility index (Phi) is 5.76. The average Bonchev–Trinajstić information content (AvgIpc) is 1.84. The van der Waals surface area contributed by atoms with Crippen LogP contribution in [0.1, 0.15) is 13.8 Å². The molecule has 0 amide bonds. The molecule has 0 bridgehead atoms. The summed E-state index contributed by atoms with van der Waals surface area (Å²) in [6.45, 7) is 5.67. The van der Waals surface area contributed by atoms with Crippen molar-refractivity contribution in [3.05, 3.63) is 11.8 Å². The van der Waals surface area contributed by atoms with Gasteiger partial charge in [-0.25, -0.2) is 0 Å². The van der Waals surface area contributed by atoms with Crippen LogP contribution >= 0.6 is 0 Å². The second kappa shape index (κ2) is 6.03. The summed E-state index contributed by atoms with van der Waals surface area (Å²) in [4.78, 5) is 2.12. The summed E-state index contributed by atoms with van der Waals surface area (Å²) in [6.07, 6.45) is 1.80. The predicted molar refractivity (Wildman–Crippen MR) is 52.4 cm³/mol. The molecule has 0 aromatic carbocycles. The molecule has 1 atom stereocenters. The van der Waals surface area contributed by atoms with E-state index < -0.39 is 0 Å². The van der Waals surface area contributed by atoms with Crippen molar-refractivity contribution in [3.63, 3.8) is 0 Å². The molecule has 0 saturated heterocycles. The minimum atomic E-state index is 0.245. The molecule has 72 valence electrons. The number of aliphatic hydroxyl groups is 1. The van der Waals surface area contributed by atoms with Crippen molar-refractivity contribution in [1.29, 1.82) is 0 Å². The molecule has 12 heavy (non-hydrogen) atoms. The van der Waals surface area contributed by atoms with E-state index in [-0.39, 0.29) is 6.04 Å². The van der Waals surface area contributed by atoms with E-state index in [0.29, 0.717) is 5.76 Å². The monoisotopic (exact) mass is 172 g/mol. The minimum absolute atomic E-state index is 0.245. The lowest BCUT2D eigenvalue weighted by Crippen LogP contribution is -2.31. The van der Waals surface area contributed by atoms with E-state index in [9.17, 15) is 0 Å². The number of allylic oxidation sites excluding steroid dienone is 1. The summed E-state index contributed by atoms with van der Waals surface area (Å²) in [7, 11) is 4.08. The lowest BCUT2D eigenvalue weighted by atomic mass is 10.3. The smallest absolute Gasteiger partial charge is 0.0867 e. The Bertz CT molecular complexity index is 139. The quantitative estimate of drug-likeness (QED) is 0.607. The van der Waals surface area contributed by atoms with Crippen LogP contribution in [0.4, 0.5) is 0 Å². The molecular formula is C9H20N2O. The summed E-state index contributed by atoms with van der Waals surface area (Å²) in [5, 5.41) is 12.2. The normalized spacial score (nSPS) is 15.2. The van der Waals surface area contributed by atoms with Gasteiger partial charge in [-0.05, 0) is 34.0 Å². The third-order valence-electron chi connectivity index (χ3n) is 1.52. The van der Waals surface area contributed by atoms with Gasteiger partial charge in [0.15, 0.2) is 0 Å². The maximum absolute atomic E-state index is 8.94. The maximum Gasteiger partial charge on any atom is 0.0867 e. The van der Waals surface area contributed by atoms with E-state index in [1.54, 1.807) is 13.0 Å². The van der Waals surface area contributed by atoms with Gasteiger partial charge in [-0.1, -0.05) is 0 Å². The molecule has 0 aliphatic carbocycles.